The minimum Gasteiger partial charge on any atom is -0.494 e. The molecule has 0 bridgehead atoms. The monoisotopic (exact) mass is 256 g/mol. The molecule has 0 N–H and O–H groups in total. The van der Waals surface area contributed by atoms with Crippen molar-refractivity contribution in [2.24, 2.45) is 0 Å². The third-order valence-electron chi connectivity index (χ3n) is 2.10. The van der Waals surface area contributed by atoms with E-state index in [1.807, 2.05) is 19.1 Å². The van der Waals surface area contributed by atoms with Crippen LogP contribution >= 0.6 is 15.9 Å². The molecule has 0 heterocycles. The van der Waals surface area contributed by atoms with Crippen LogP contribution in [-0.2, 0) is 6.42 Å². The van der Waals surface area contributed by atoms with E-state index < -0.39 is 0 Å². The Kier molecular flexibility index (Phi) is 5.69. The van der Waals surface area contributed by atoms with Crippen molar-refractivity contribution in [3.8, 4) is 5.75 Å². The molecular formula is C12H17BrO. The van der Waals surface area contributed by atoms with E-state index >= 15 is 0 Å². The highest BCUT2D eigenvalue weighted by Crippen LogP contribution is 2.20. The lowest BCUT2D eigenvalue weighted by atomic mass is 10.1. The Balaban J connectivity index is 2.55. The van der Waals surface area contributed by atoms with Crippen molar-refractivity contribution in [1.82, 2.24) is 0 Å². The average molecular weight is 257 g/mol. The van der Waals surface area contributed by atoms with Crippen LogP contribution in [0.4, 0.5) is 0 Å². The Hall–Kier alpha value is -0.500. The predicted octanol–water partition coefficient (Wildman–Crippen LogP) is 3.80. The first-order chi connectivity index (χ1) is 6.88. The first-order valence-electron chi connectivity index (χ1n) is 5.15. The third kappa shape index (κ3) is 3.70. The van der Waals surface area contributed by atoms with Gasteiger partial charge in [-0.05, 0) is 37.8 Å². The van der Waals surface area contributed by atoms with Gasteiger partial charge in [-0.2, -0.15) is 0 Å². The van der Waals surface area contributed by atoms with Gasteiger partial charge in [0.1, 0.15) is 5.75 Å². The fraction of sp³-hybridized carbons (Fsp3) is 0.500. The summed E-state index contributed by atoms with van der Waals surface area (Å²) in [5.41, 5.74) is 1.33. The maximum Gasteiger partial charge on any atom is 0.122 e. The summed E-state index contributed by atoms with van der Waals surface area (Å²) >= 11 is 3.44. The number of rotatable bonds is 6. The van der Waals surface area contributed by atoms with Crippen molar-refractivity contribution in [2.75, 3.05) is 11.9 Å². The summed E-state index contributed by atoms with van der Waals surface area (Å²) in [6, 6.07) is 8.30. The van der Waals surface area contributed by atoms with Gasteiger partial charge in [-0.25, -0.2) is 0 Å². The molecule has 14 heavy (non-hydrogen) atoms. The van der Waals surface area contributed by atoms with Gasteiger partial charge < -0.3 is 4.74 Å². The fourth-order valence-electron chi connectivity index (χ4n) is 1.42. The minimum atomic E-state index is 0.745. The van der Waals surface area contributed by atoms with Crippen molar-refractivity contribution in [2.45, 2.75) is 26.2 Å². The molecule has 1 rings (SSSR count). The summed E-state index contributed by atoms with van der Waals surface area (Å²) in [6.07, 6.45) is 3.55. The van der Waals surface area contributed by atoms with Crippen LogP contribution in [0.2, 0.25) is 0 Å². The Labute approximate surface area is 94.6 Å². The highest BCUT2D eigenvalue weighted by atomic mass is 79.9. The number of halogens is 1. The zero-order valence-electron chi connectivity index (χ0n) is 8.63. The molecule has 0 unspecified atom stereocenters. The van der Waals surface area contributed by atoms with Crippen molar-refractivity contribution in [1.29, 1.82) is 0 Å². The van der Waals surface area contributed by atoms with Gasteiger partial charge in [0.2, 0.25) is 0 Å². The highest BCUT2D eigenvalue weighted by molar-refractivity contribution is 9.09. The molecule has 0 saturated carbocycles. The molecular weight excluding hydrogens is 240 g/mol. The molecule has 0 aliphatic heterocycles. The van der Waals surface area contributed by atoms with Crippen LogP contribution in [0.15, 0.2) is 24.3 Å². The van der Waals surface area contributed by atoms with Gasteiger partial charge in [-0.15, -0.1) is 0 Å². The normalized spacial score (nSPS) is 10.1. The lowest BCUT2D eigenvalue weighted by Crippen LogP contribution is -1.96. The molecule has 78 valence electrons. The molecule has 1 aromatic carbocycles. The van der Waals surface area contributed by atoms with Crippen molar-refractivity contribution >= 4 is 15.9 Å². The van der Waals surface area contributed by atoms with E-state index in [9.17, 15) is 0 Å². The van der Waals surface area contributed by atoms with E-state index in [-0.39, 0.29) is 0 Å². The van der Waals surface area contributed by atoms with E-state index in [1.165, 1.54) is 18.4 Å². The van der Waals surface area contributed by atoms with Crippen LogP contribution in [-0.4, -0.2) is 11.9 Å². The topological polar surface area (TPSA) is 9.23 Å². The molecule has 0 atom stereocenters. The quantitative estimate of drug-likeness (QED) is 0.556. The molecule has 0 aliphatic carbocycles. The number of para-hydroxylation sites is 1. The summed E-state index contributed by atoms with van der Waals surface area (Å²) < 4.78 is 5.56. The Morgan fingerprint density at radius 1 is 1.21 bits per heavy atom. The Morgan fingerprint density at radius 3 is 2.71 bits per heavy atom. The molecule has 0 fully saturated rings. The summed E-state index contributed by atoms with van der Waals surface area (Å²) in [4.78, 5) is 0. The number of hydrogen-bond donors (Lipinski definition) is 0. The van der Waals surface area contributed by atoms with E-state index in [0.29, 0.717) is 0 Å². The maximum absolute atomic E-state index is 5.56. The van der Waals surface area contributed by atoms with Crippen LogP contribution in [0.3, 0.4) is 0 Å². The van der Waals surface area contributed by atoms with E-state index in [2.05, 4.69) is 28.1 Å². The van der Waals surface area contributed by atoms with Gasteiger partial charge in [0, 0.05) is 5.33 Å². The van der Waals surface area contributed by atoms with Crippen LogP contribution in [0, 0.1) is 0 Å². The summed E-state index contributed by atoms with van der Waals surface area (Å²) in [6.45, 7) is 2.77. The Bertz CT molecular complexity index is 260. The molecule has 1 nitrogen and oxygen atoms in total. The summed E-state index contributed by atoms with van der Waals surface area (Å²) in [5, 5.41) is 1.09. The smallest absolute Gasteiger partial charge is 0.122 e. The second-order valence-corrected chi connectivity index (χ2v) is 3.98. The van der Waals surface area contributed by atoms with Gasteiger partial charge in [-0.1, -0.05) is 34.1 Å². The summed E-state index contributed by atoms with van der Waals surface area (Å²) in [5.74, 6) is 1.05. The van der Waals surface area contributed by atoms with Crippen molar-refractivity contribution in [3.63, 3.8) is 0 Å². The second-order valence-electron chi connectivity index (χ2n) is 3.19. The highest BCUT2D eigenvalue weighted by Gasteiger charge is 2.00. The number of ether oxygens (including phenoxy) is 1. The molecule has 0 spiro atoms. The summed E-state index contributed by atoms with van der Waals surface area (Å²) in [7, 11) is 0. The molecule has 0 radical (unpaired) electrons. The zero-order chi connectivity index (χ0) is 10.2. The predicted molar refractivity (Wildman–Crippen MR) is 64.3 cm³/mol. The van der Waals surface area contributed by atoms with Gasteiger partial charge in [-0.3, -0.25) is 0 Å². The number of alkyl halides is 1. The number of benzene rings is 1. The van der Waals surface area contributed by atoms with Crippen LogP contribution < -0.4 is 4.74 Å². The largest absolute Gasteiger partial charge is 0.494 e. The number of aryl methyl sites for hydroxylation is 1. The SMILES string of the molecule is CCOc1ccccc1CCCCBr. The average Bonchev–Trinajstić information content (AvgIpc) is 2.21. The molecule has 0 amide bonds. The fourth-order valence-corrected chi connectivity index (χ4v) is 1.81. The minimum absolute atomic E-state index is 0.745. The lowest BCUT2D eigenvalue weighted by Gasteiger charge is -2.09. The maximum atomic E-state index is 5.56. The van der Waals surface area contributed by atoms with Gasteiger partial charge in [0.25, 0.3) is 0 Å². The van der Waals surface area contributed by atoms with Crippen molar-refractivity contribution < 1.29 is 4.74 Å². The molecule has 2 heteroatoms. The molecule has 0 aliphatic rings. The van der Waals surface area contributed by atoms with Crippen LogP contribution in [0.25, 0.3) is 0 Å². The van der Waals surface area contributed by atoms with E-state index in [1.54, 1.807) is 0 Å². The van der Waals surface area contributed by atoms with E-state index in [4.69, 9.17) is 4.74 Å². The lowest BCUT2D eigenvalue weighted by molar-refractivity contribution is 0.336. The number of hydrogen-bond acceptors (Lipinski definition) is 1. The first-order valence-corrected chi connectivity index (χ1v) is 6.27. The van der Waals surface area contributed by atoms with Gasteiger partial charge >= 0.3 is 0 Å². The molecule has 0 aromatic heterocycles. The first kappa shape index (κ1) is 11.6. The number of unbranched alkanes of at least 4 members (excludes halogenated alkanes) is 1. The zero-order valence-corrected chi connectivity index (χ0v) is 10.2. The standard InChI is InChI=1S/C12H17BrO/c1-2-14-12-9-4-3-7-11(12)8-5-6-10-13/h3-4,7,9H,2,5-6,8,10H2,1H3. The molecule has 1 aromatic rings. The molecule has 0 saturated heterocycles. The van der Waals surface area contributed by atoms with Crippen LogP contribution in [0.1, 0.15) is 25.3 Å². The van der Waals surface area contributed by atoms with E-state index in [0.717, 1.165) is 24.1 Å². The van der Waals surface area contributed by atoms with Gasteiger partial charge in [0.05, 0.1) is 6.61 Å². The van der Waals surface area contributed by atoms with Crippen LogP contribution in [0.5, 0.6) is 5.75 Å². The third-order valence-corrected chi connectivity index (χ3v) is 2.66. The second kappa shape index (κ2) is 6.88. The Morgan fingerprint density at radius 2 is 2.00 bits per heavy atom. The van der Waals surface area contributed by atoms with Gasteiger partial charge in [0.15, 0.2) is 0 Å². The van der Waals surface area contributed by atoms with Crippen molar-refractivity contribution in [3.05, 3.63) is 29.8 Å².